The van der Waals surface area contributed by atoms with Gasteiger partial charge in [0.1, 0.15) is 6.04 Å². The molecule has 7 nitrogen and oxygen atoms in total. The summed E-state index contributed by atoms with van der Waals surface area (Å²) in [5.41, 5.74) is 4.73. The quantitative estimate of drug-likeness (QED) is 0.569. The molecule has 3 rings (SSSR count). The molecule has 2 aromatic carbocycles. The Bertz CT molecular complexity index is 991. The molecule has 31 heavy (non-hydrogen) atoms. The summed E-state index contributed by atoms with van der Waals surface area (Å²) in [6.07, 6.45) is 1.76. The van der Waals surface area contributed by atoms with Crippen LogP contribution >= 0.6 is 0 Å². The van der Waals surface area contributed by atoms with Crippen molar-refractivity contribution in [2.75, 3.05) is 60.9 Å². The van der Waals surface area contributed by atoms with Crippen molar-refractivity contribution in [3.8, 4) is 28.4 Å². The van der Waals surface area contributed by atoms with E-state index in [0.717, 1.165) is 48.2 Å². The first-order valence-corrected chi connectivity index (χ1v) is 10.8. The second-order valence-electron chi connectivity index (χ2n) is 8.17. The third-order valence-electron chi connectivity index (χ3n) is 5.93. The molecule has 0 radical (unpaired) electrons. The number of likely N-dealkylation sites (N-methyl/N-ethyl adjacent to an activating group) is 1. The van der Waals surface area contributed by atoms with Crippen molar-refractivity contribution in [3.63, 3.8) is 0 Å². The average Bonchev–Trinajstić information content (AvgIpc) is 3.00. The van der Waals surface area contributed by atoms with Gasteiger partial charge in [-0.1, -0.05) is 6.07 Å². The molecule has 0 unspecified atom stereocenters. The number of methoxy groups -OCH3 is 3. The molecule has 0 fully saturated rings. The van der Waals surface area contributed by atoms with Crippen molar-refractivity contribution in [2.24, 2.45) is 0 Å². The molecule has 2 aromatic rings. The number of fused-ring (bicyclic) bond motifs is 3. The summed E-state index contributed by atoms with van der Waals surface area (Å²) in [6.45, 7) is 1.66. The minimum Gasteiger partial charge on any atom is -0.493 e. The fourth-order valence-corrected chi connectivity index (χ4v) is 4.28. The van der Waals surface area contributed by atoms with Gasteiger partial charge in [-0.3, -0.25) is 4.79 Å². The van der Waals surface area contributed by atoms with E-state index in [1.54, 1.807) is 27.4 Å². The third-order valence-corrected chi connectivity index (χ3v) is 5.93. The summed E-state index contributed by atoms with van der Waals surface area (Å²) in [5, 5.41) is 5.48. The Morgan fingerprint density at radius 2 is 1.84 bits per heavy atom. The van der Waals surface area contributed by atoms with Gasteiger partial charge in [0.05, 0.1) is 61.2 Å². The van der Waals surface area contributed by atoms with E-state index in [0.29, 0.717) is 22.9 Å². The molecule has 0 spiro atoms. The summed E-state index contributed by atoms with van der Waals surface area (Å²) in [4.78, 5) is 14.4. The molecule has 7 heteroatoms. The fraction of sp³-hybridized carbons (Fsp3) is 0.458. The molecule has 1 aliphatic carbocycles. The van der Waals surface area contributed by atoms with Gasteiger partial charge < -0.3 is 29.7 Å². The zero-order valence-electron chi connectivity index (χ0n) is 19.4. The van der Waals surface area contributed by atoms with Gasteiger partial charge in [0.15, 0.2) is 11.5 Å². The number of benzene rings is 1. The summed E-state index contributed by atoms with van der Waals surface area (Å²) in [5.74, 6) is 1.85. The lowest BCUT2D eigenvalue weighted by atomic mass is 9.95. The van der Waals surface area contributed by atoms with Gasteiger partial charge in [-0.15, -0.1) is 0 Å². The largest absolute Gasteiger partial charge is 0.493 e. The number of anilines is 1. The number of ether oxygens (including phenoxy) is 3. The van der Waals surface area contributed by atoms with Crippen LogP contribution < -0.4 is 35.2 Å². The van der Waals surface area contributed by atoms with E-state index in [2.05, 4.69) is 31.8 Å². The Kier molecular flexibility index (Phi) is 7.41. The lowest BCUT2D eigenvalue weighted by Gasteiger charge is -2.19. The van der Waals surface area contributed by atoms with Crippen LogP contribution in [-0.4, -0.2) is 55.6 Å². The van der Waals surface area contributed by atoms with Crippen LogP contribution in [0.3, 0.4) is 0 Å². The van der Waals surface area contributed by atoms with Crippen LogP contribution in [0.25, 0.3) is 11.1 Å². The molecular formula is C24H35N3O4+2. The van der Waals surface area contributed by atoms with Crippen LogP contribution in [0.5, 0.6) is 17.2 Å². The highest BCUT2D eigenvalue weighted by atomic mass is 16.5. The Morgan fingerprint density at radius 3 is 2.45 bits per heavy atom. The van der Waals surface area contributed by atoms with Crippen LogP contribution in [0, 0.1) is 0 Å². The SMILES string of the molecule is C[NH2+][C@H]1CCc2cc(OC)c(OC)c(OC)c2-c2ccc(NCC[NH+](C)C)c(=O)cc21. The Morgan fingerprint density at radius 1 is 1.10 bits per heavy atom. The van der Waals surface area contributed by atoms with Crippen molar-refractivity contribution in [3.05, 3.63) is 45.6 Å². The van der Waals surface area contributed by atoms with Crippen LogP contribution in [0.4, 0.5) is 5.69 Å². The predicted molar refractivity (Wildman–Crippen MR) is 123 cm³/mol. The van der Waals surface area contributed by atoms with E-state index >= 15 is 0 Å². The normalized spacial score (nSPS) is 15.0. The number of aryl methyl sites for hydroxylation is 1. The van der Waals surface area contributed by atoms with Gasteiger partial charge in [0.2, 0.25) is 11.2 Å². The maximum Gasteiger partial charge on any atom is 0.203 e. The highest BCUT2D eigenvalue weighted by Crippen LogP contribution is 2.49. The van der Waals surface area contributed by atoms with Crippen LogP contribution in [0.15, 0.2) is 29.1 Å². The van der Waals surface area contributed by atoms with E-state index < -0.39 is 0 Å². The molecule has 4 N–H and O–H groups in total. The second kappa shape index (κ2) is 10.0. The Balaban J connectivity index is 2.25. The van der Waals surface area contributed by atoms with E-state index in [4.69, 9.17) is 14.2 Å². The van der Waals surface area contributed by atoms with E-state index in [9.17, 15) is 4.79 Å². The molecule has 0 aliphatic heterocycles. The average molecular weight is 430 g/mol. The van der Waals surface area contributed by atoms with Gasteiger partial charge in [0, 0.05) is 17.5 Å². The molecule has 0 saturated heterocycles. The minimum atomic E-state index is 0.00440. The fourth-order valence-electron chi connectivity index (χ4n) is 4.28. The van der Waals surface area contributed by atoms with E-state index in [1.165, 1.54) is 4.90 Å². The Labute approximate surface area is 184 Å². The van der Waals surface area contributed by atoms with Crippen LogP contribution in [0.1, 0.15) is 23.6 Å². The molecule has 168 valence electrons. The van der Waals surface area contributed by atoms with Gasteiger partial charge in [-0.05, 0) is 35.7 Å². The number of hydrogen-bond donors (Lipinski definition) is 3. The first-order valence-electron chi connectivity index (χ1n) is 10.8. The molecule has 0 amide bonds. The molecule has 1 aliphatic rings. The van der Waals surface area contributed by atoms with Crippen LogP contribution in [0.2, 0.25) is 0 Å². The van der Waals surface area contributed by atoms with E-state index in [1.807, 2.05) is 18.2 Å². The molecule has 0 saturated carbocycles. The monoisotopic (exact) mass is 429 g/mol. The molecule has 0 heterocycles. The summed E-state index contributed by atoms with van der Waals surface area (Å²) >= 11 is 0. The van der Waals surface area contributed by atoms with Gasteiger partial charge >= 0.3 is 0 Å². The van der Waals surface area contributed by atoms with Crippen molar-refractivity contribution in [2.45, 2.75) is 18.9 Å². The number of nitrogens with two attached hydrogens (primary N) is 1. The molecule has 0 bridgehead atoms. The topological polar surface area (TPSA) is 77.8 Å². The van der Waals surface area contributed by atoms with Crippen molar-refractivity contribution < 1.29 is 24.4 Å². The number of nitrogens with one attached hydrogen (secondary N) is 2. The summed E-state index contributed by atoms with van der Waals surface area (Å²) in [7, 11) is 11.1. The first-order chi connectivity index (χ1) is 14.9. The lowest BCUT2D eigenvalue weighted by Crippen LogP contribution is -3.06. The summed E-state index contributed by atoms with van der Waals surface area (Å²) < 4.78 is 17.0. The second-order valence-corrected chi connectivity index (χ2v) is 8.17. The highest BCUT2D eigenvalue weighted by Gasteiger charge is 2.29. The number of rotatable bonds is 8. The predicted octanol–water partition coefficient (Wildman–Crippen LogP) is 0.477. The molecule has 1 atom stereocenters. The zero-order valence-corrected chi connectivity index (χ0v) is 19.4. The number of quaternary nitrogens is 2. The van der Waals surface area contributed by atoms with Gasteiger partial charge in [-0.25, -0.2) is 0 Å². The van der Waals surface area contributed by atoms with Gasteiger partial charge in [0.25, 0.3) is 0 Å². The summed E-state index contributed by atoms with van der Waals surface area (Å²) in [6, 6.07) is 7.92. The number of hydrogen-bond acceptors (Lipinski definition) is 5. The van der Waals surface area contributed by atoms with E-state index in [-0.39, 0.29) is 11.5 Å². The van der Waals surface area contributed by atoms with Gasteiger partial charge in [-0.2, -0.15) is 0 Å². The van der Waals surface area contributed by atoms with Crippen molar-refractivity contribution >= 4 is 5.69 Å². The smallest absolute Gasteiger partial charge is 0.203 e. The molecular weight excluding hydrogens is 394 g/mol. The van der Waals surface area contributed by atoms with Crippen LogP contribution in [-0.2, 0) is 6.42 Å². The minimum absolute atomic E-state index is 0.00440. The highest BCUT2D eigenvalue weighted by molar-refractivity contribution is 5.82. The zero-order chi connectivity index (χ0) is 22.5. The van der Waals surface area contributed by atoms with Crippen molar-refractivity contribution in [1.82, 2.24) is 0 Å². The standard InChI is InChI=1S/C24H33N3O4/c1-25-18-9-7-15-13-21(29-4)23(30-5)24(31-6)22(15)16-8-10-19(20(28)14-17(16)18)26-11-12-27(2)3/h8,10,13-14,18,25H,7,9,11-12H2,1-6H3,(H,26,28)/p+2/t18-/m0/s1. The lowest BCUT2D eigenvalue weighted by molar-refractivity contribution is -0.856. The Hall–Kier alpha value is -2.77. The van der Waals surface area contributed by atoms with Crippen molar-refractivity contribution in [1.29, 1.82) is 0 Å². The first kappa shape index (κ1) is 22.9. The maximum atomic E-state index is 13.1. The maximum absolute atomic E-state index is 13.1. The third kappa shape index (κ3) is 4.62. The molecule has 0 aromatic heterocycles.